The number of unbranched alkanes of at least 4 members (excludes halogenated alkanes) is 1. The zero-order chi connectivity index (χ0) is 22.5. The lowest BCUT2D eigenvalue weighted by molar-refractivity contribution is -0.116. The summed E-state index contributed by atoms with van der Waals surface area (Å²) in [5.41, 5.74) is 2.28. The summed E-state index contributed by atoms with van der Waals surface area (Å²) >= 11 is 6.23. The van der Waals surface area contributed by atoms with E-state index in [2.05, 4.69) is 6.92 Å². The van der Waals surface area contributed by atoms with Gasteiger partial charge in [-0.3, -0.25) is 14.3 Å². The third-order valence-electron chi connectivity index (χ3n) is 5.28. The van der Waals surface area contributed by atoms with Gasteiger partial charge in [0, 0.05) is 24.6 Å². The predicted molar refractivity (Wildman–Crippen MR) is 124 cm³/mol. The van der Waals surface area contributed by atoms with Crippen molar-refractivity contribution in [3.05, 3.63) is 75.2 Å². The van der Waals surface area contributed by atoms with Crippen molar-refractivity contribution in [3.8, 4) is 11.4 Å². The van der Waals surface area contributed by atoms with E-state index < -0.39 is 0 Å². The third kappa shape index (κ3) is 4.85. The molecule has 0 aliphatic rings. The summed E-state index contributed by atoms with van der Waals surface area (Å²) in [4.78, 5) is 27.6. The monoisotopic (exact) mass is 441 g/mol. The number of rotatable bonds is 8. The highest BCUT2D eigenvalue weighted by molar-refractivity contribution is 6.30. The van der Waals surface area contributed by atoms with Crippen LogP contribution >= 0.6 is 11.6 Å². The lowest BCUT2D eigenvalue weighted by Gasteiger charge is -2.22. The molecule has 0 saturated heterocycles. The number of benzene rings is 2. The number of ether oxygens (including phenoxy) is 1. The van der Waals surface area contributed by atoms with Crippen molar-refractivity contribution in [3.63, 3.8) is 0 Å². The Kier molecular flexibility index (Phi) is 7.23. The normalized spacial score (nSPS) is 10.9. The van der Waals surface area contributed by atoms with E-state index in [0.29, 0.717) is 28.8 Å². The molecule has 0 aliphatic carbocycles. The fraction of sp³-hybridized carbons (Fsp3) is 0.333. The van der Waals surface area contributed by atoms with Crippen LogP contribution in [0.2, 0.25) is 5.02 Å². The maximum Gasteiger partial charge on any atom is 0.295 e. The van der Waals surface area contributed by atoms with E-state index in [9.17, 15) is 9.59 Å². The number of hydrogen-bond acceptors (Lipinski definition) is 3. The molecular formula is C24H28ClN3O3. The molecule has 3 aromatic rings. The van der Waals surface area contributed by atoms with Crippen LogP contribution < -0.4 is 15.2 Å². The first-order valence-electron chi connectivity index (χ1n) is 10.4. The van der Waals surface area contributed by atoms with E-state index in [1.807, 2.05) is 50.4 Å². The minimum Gasteiger partial charge on any atom is -0.493 e. The predicted octanol–water partition coefficient (Wildman–Crippen LogP) is 4.87. The quantitative estimate of drug-likeness (QED) is 0.468. The van der Waals surface area contributed by atoms with Crippen molar-refractivity contribution in [2.45, 2.75) is 40.2 Å². The molecule has 0 atom stereocenters. The first-order chi connectivity index (χ1) is 14.8. The SMILES string of the molecule is CCCCOc1ccc(Cl)cc1CN(C(C)=O)c1c(C)n(C)n(-c2ccccc2)c1=O. The standard InChI is InChI=1S/C24H28ClN3O3/c1-5-6-14-31-22-13-12-20(25)15-19(22)16-27(18(3)29)23-17(2)26(4)28(24(23)30)21-10-8-7-9-11-21/h7-13,15H,5-6,14,16H2,1-4H3. The summed E-state index contributed by atoms with van der Waals surface area (Å²) in [6.07, 6.45) is 1.95. The Balaban J connectivity index is 2.05. The number of amides is 1. The van der Waals surface area contributed by atoms with Gasteiger partial charge in [-0.25, -0.2) is 4.68 Å². The molecule has 0 fully saturated rings. The lowest BCUT2D eigenvalue weighted by atomic mass is 10.1. The molecule has 0 radical (unpaired) electrons. The van der Waals surface area contributed by atoms with E-state index >= 15 is 0 Å². The van der Waals surface area contributed by atoms with E-state index in [-0.39, 0.29) is 18.0 Å². The number of aromatic nitrogens is 2. The molecule has 164 valence electrons. The second-order valence-corrected chi connectivity index (χ2v) is 7.91. The van der Waals surface area contributed by atoms with Crippen LogP contribution in [0.25, 0.3) is 5.69 Å². The van der Waals surface area contributed by atoms with Crippen molar-refractivity contribution < 1.29 is 9.53 Å². The van der Waals surface area contributed by atoms with Gasteiger partial charge in [-0.2, -0.15) is 0 Å². The number of para-hydroxylation sites is 1. The molecule has 0 saturated carbocycles. The maximum absolute atomic E-state index is 13.4. The Morgan fingerprint density at radius 3 is 2.52 bits per heavy atom. The van der Waals surface area contributed by atoms with Gasteiger partial charge in [0.25, 0.3) is 5.56 Å². The topological polar surface area (TPSA) is 56.5 Å². The first-order valence-corrected chi connectivity index (χ1v) is 10.8. The molecule has 0 aliphatic heterocycles. The fourth-order valence-electron chi connectivity index (χ4n) is 3.52. The van der Waals surface area contributed by atoms with E-state index in [1.54, 1.807) is 21.5 Å². The van der Waals surface area contributed by atoms with Gasteiger partial charge in [0.2, 0.25) is 5.91 Å². The summed E-state index contributed by atoms with van der Waals surface area (Å²) in [6.45, 7) is 6.16. The van der Waals surface area contributed by atoms with Crippen LogP contribution in [0.1, 0.15) is 37.9 Å². The summed E-state index contributed by atoms with van der Waals surface area (Å²) in [5, 5.41) is 0.549. The van der Waals surface area contributed by atoms with Crippen molar-refractivity contribution in [2.24, 2.45) is 7.05 Å². The van der Waals surface area contributed by atoms with Crippen LogP contribution in [0.5, 0.6) is 5.75 Å². The van der Waals surface area contributed by atoms with E-state index in [1.165, 1.54) is 11.8 Å². The molecule has 2 aromatic carbocycles. The number of halogens is 1. The van der Waals surface area contributed by atoms with Crippen molar-refractivity contribution >= 4 is 23.2 Å². The largest absolute Gasteiger partial charge is 0.493 e. The number of nitrogens with zero attached hydrogens (tertiary/aromatic N) is 3. The molecule has 1 amide bonds. The average Bonchev–Trinajstić information content (AvgIpc) is 2.96. The highest BCUT2D eigenvalue weighted by Crippen LogP contribution is 2.28. The Morgan fingerprint density at radius 2 is 1.87 bits per heavy atom. The molecule has 0 spiro atoms. The molecule has 31 heavy (non-hydrogen) atoms. The summed E-state index contributed by atoms with van der Waals surface area (Å²) < 4.78 is 9.25. The van der Waals surface area contributed by atoms with Crippen LogP contribution in [0, 0.1) is 6.92 Å². The molecular weight excluding hydrogens is 414 g/mol. The third-order valence-corrected chi connectivity index (χ3v) is 5.52. The molecule has 1 heterocycles. The van der Waals surface area contributed by atoms with E-state index in [4.69, 9.17) is 16.3 Å². The van der Waals surface area contributed by atoms with Gasteiger partial charge in [0.15, 0.2) is 0 Å². The van der Waals surface area contributed by atoms with E-state index in [0.717, 1.165) is 24.1 Å². The Labute approximate surface area is 187 Å². The highest BCUT2D eigenvalue weighted by atomic mass is 35.5. The summed E-state index contributed by atoms with van der Waals surface area (Å²) in [7, 11) is 1.81. The minimum atomic E-state index is -0.253. The van der Waals surface area contributed by atoms with Crippen LogP contribution in [-0.4, -0.2) is 21.9 Å². The molecule has 0 N–H and O–H groups in total. The van der Waals surface area contributed by atoms with Crippen LogP contribution in [0.4, 0.5) is 5.69 Å². The number of carbonyl (C=O) groups excluding carboxylic acids is 1. The van der Waals surface area contributed by atoms with Gasteiger partial charge in [-0.1, -0.05) is 43.1 Å². The fourth-order valence-corrected chi connectivity index (χ4v) is 3.72. The second-order valence-electron chi connectivity index (χ2n) is 7.47. The van der Waals surface area contributed by atoms with Crippen LogP contribution in [0.15, 0.2) is 53.3 Å². The zero-order valence-electron chi connectivity index (χ0n) is 18.4. The zero-order valence-corrected chi connectivity index (χ0v) is 19.1. The maximum atomic E-state index is 13.4. The molecule has 7 heteroatoms. The number of hydrogen-bond donors (Lipinski definition) is 0. The van der Waals surface area contributed by atoms with Gasteiger partial charge in [0.05, 0.1) is 24.5 Å². The number of carbonyl (C=O) groups is 1. The van der Waals surface area contributed by atoms with Crippen molar-refractivity contribution in [2.75, 3.05) is 11.5 Å². The Morgan fingerprint density at radius 1 is 1.16 bits per heavy atom. The smallest absolute Gasteiger partial charge is 0.295 e. The second kappa shape index (κ2) is 9.88. The summed E-state index contributed by atoms with van der Waals surface area (Å²) in [5.74, 6) is 0.437. The molecule has 0 unspecified atom stereocenters. The molecule has 3 rings (SSSR count). The highest BCUT2D eigenvalue weighted by Gasteiger charge is 2.25. The minimum absolute atomic E-state index is 0.187. The Bertz CT molecular complexity index is 1120. The van der Waals surface area contributed by atoms with Gasteiger partial charge in [-0.15, -0.1) is 0 Å². The molecule has 0 bridgehead atoms. The Hall–Kier alpha value is -2.99. The van der Waals surface area contributed by atoms with Gasteiger partial charge < -0.3 is 9.64 Å². The van der Waals surface area contributed by atoms with Crippen LogP contribution in [-0.2, 0) is 18.4 Å². The molecule has 1 aromatic heterocycles. The lowest BCUT2D eigenvalue weighted by Crippen LogP contribution is -2.33. The van der Waals surface area contributed by atoms with Gasteiger partial charge >= 0.3 is 0 Å². The molecule has 6 nitrogen and oxygen atoms in total. The van der Waals surface area contributed by atoms with Crippen molar-refractivity contribution in [1.29, 1.82) is 0 Å². The summed E-state index contributed by atoms with van der Waals surface area (Å²) in [6, 6.07) is 14.7. The first kappa shape index (κ1) is 22.7. The van der Waals surface area contributed by atoms with Crippen LogP contribution in [0.3, 0.4) is 0 Å². The average molecular weight is 442 g/mol. The number of anilines is 1. The van der Waals surface area contributed by atoms with Crippen molar-refractivity contribution in [1.82, 2.24) is 9.36 Å². The van der Waals surface area contributed by atoms with Gasteiger partial charge in [-0.05, 0) is 43.7 Å². The van der Waals surface area contributed by atoms with Gasteiger partial charge in [0.1, 0.15) is 11.4 Å².